The van der Waals surface area contributed by atoms with E-state index in [1.165, 1.54) is 30.3 Å². The number of methoxy groups -OCH3 is 2. The van der Waals surface area contributed by atoms with Gasteiger partial charge in [0.05, 0.1) is 32.3 Å². The maximum absolute atomic E-state index is 12.8. The molecule has 0 unspecified atom stereocenters. The van der Waals surface area contributed by atoms with Crippen LogP contribution in [0.15, 0.2) is 64.9 Å². The fraction of sp³-hybridized carbons (Fsp3) is 0.296. The average Bonchev–Trinajstić information content (AvgIpc) is 3.47. The number of nitrogens with one attached hydrogen (secondary N) is 1. The lowest BCUT2D eigenvalue weighted by molar-refractivity contribution is 0.0390. The number of hydrogen-bond donors (Lipinski definition) is 1. The Kier molecular flexibility index (Phi) is 9.12. The first-order chi connectivity index (χ1) is 17.9. The lowest BCUT2D eigenvalue weighted by atomic mass is 10.0. The summed E-state index contributed by atoms with van der Waals surface area (Å²) >= 11 is 1.59. The molecule has 0 amide bonds. The SMILES string of the molecule is COc1cc(OC)c(-c2cccs2)cc1/C=C/C(=O)c1ccc(S(=O)(=O)NCCN2CCOCC2)cc1. The van der Waals surface area contributed by atoms with E-state index < -0.39 is 10.0 Å². The second-order valence-electron chi connectivity index (χ2n) is 8.35. The van der Waals surface area contributed by atoms with Gasteiger partial charge in [0, 0.05) is 53.8 Å². The smallest absolute Gasteiger partial charge is 0.240 e. The number of sulfonamides is 1. The molecule has 8 nitrogen and oxygen atoms in total. The summed E-state index contributed by atoms with van der Waals surface area (Å²) in [5, 5.41) is 1.99. The van der Waals surface area contributed by atoms with Crippen molar-refractivity contribution in [3.8, 4) is 21.9 Å². The first-order valence-corrected chi connectivity index (χ1v) is 14.2. The van der Waals surface area contributed by atoms with E-state index >= 15 is 0 Å². The Morgan fingerprint density at radius 3 is 2.46 bits per heavy atom. The van der Waals surface area contributed by atoms with Gasteiger partial charge in [0.1, 0.15) is 11.5 Å². The van der Waals surface area contributed by atoms with Crippen LogP contribution in [0.4, 0.5) is 0 Å². The summed E-state index contributed by atoms with van der Waals surface area (Å²) in [6.45, 7) is 3.85. The molecule has 1 aliphatic heterocycles. The monoisotopic (exact) mass is 542 g/mol. The van der Waals surface area contributed by atoms with Gasteiger partial charge in [-0.15, -0.1) is 11.3 Å². The highest BCUT2D eigenvalue weighted by atomic mass is 32.2. The van der Waals surface area contributed by atoms with Crippen molar-refractivity contribution in [2.45, 2.75) is 4.90 Å². The second kappa shape index (κ2) is 12.5. The number of carbonyl (C=O) groups excluding carboxylic acids is 1. The van der Waals surface area contributed by atoms with E-state index in [-0.39, 0.29) is 10.7 Å². The number of thiophene rings is 1. The highest BCUT2D eigenvalue weighted by Crippen LogP contribution is 2.38. The fourth-order valence-electron chi connectivity index (χ4n) is 3.98. The molecule has 2 heterocycles. The van der Waals surface area contributed by atoms with Gasteiger partial charge in [-0.2, -0.15) is 0 Å². The third-order valence-corrected chi connectivity index (χ3v) is 8.41. The van der Waals surface area contributed by atoms with Crippen molar-refractivity contribution >= 4 is 33.2 Å². The average molecular weight is 543 g/mol. The van der Waals surface area contributed by atoms with E-state index in [9.17, 15) is 13.2 Å². The predicted octanol–water partition coefficient (Wildman–Crippen LogP) is 3.94. The zero-order chi connectivity index (χ0) is 26.3. The van der Waals surface area contributed by atoms with Crippen molar-refractivity contribution < 1.29 is 27.4 Å². The topological polar surface area (TPSA) is 94.2 Å². The van der Waals surface area contributed by atoms with E-state index in [0.29, 0.717) is 43.4 Å². The maximum atomic E-state index is 12.8. The Labute approximate surface area is 221 Å². The molecule has 0 atom stereocenters. The second-order valence-corrected chi connectivity index (χ2v) is 11.1. The number of carbonyl (C=O) groups is 1. The molecule has 1 aliphatic rings. The van der Waals surface area contributed by atoms with Crippen LogP contribution in [0.5, 0.6) is 11.5 Å². The van der Waals surface area contributed by atoms with Gasteiger partial charge < -0.3 is 14.2 Å². The zero-order valence-corrected chi connectivity index (χ0v) is 22.4. The third-order valence-electron chi connectivity index (χ3n) is 6.03. The quantitative estimate of drug-likeness (QED) is 0.290. The lowest BCUT2D eigenvalue weighted by Crippen LogP contribution is -2.41. The van der Waals surface area contributed by atoms with Gasteiger partial charge in [-0.25, -0.2) is 13.1 Å². The van der Waals surface area contributed by atoms with E-state index in [2.05, 4.69) is 9.62 Å². The fourth-order valence-corrected chi connectivity index (χ4v) is 5.75. The van der Waals surface area contributed by atoms with Crippen molar-refractivity contribution in [1.82, 2.24) is 9.62 Å². The molecule has 0 aliphatic carbocycles. The molecule has 0 saturated carbocycles. The first kappa shape index (κ1) is 27.0. The number of nitrogens with zero attached hydrogens (tertiary/aromatic N) is 1. The minimum atomic E-state index is -3.67. The molecule has 0 radical (unpaired) electrons. The highest BCUT2D eigenvalue weighted by molar-refractivity contribution is 7.89. The number of hydrogen-bond acceptors (Lipinski definition) is 8. The summed E-state index contributed by atoms with van der Waals surface area (Å²) in [6.07, 6.45) is 3.14. The minimum absolute atomic E-state index is 0.118. The van der Waals surface area contributed by atoms with E-state index in [4.69, 9.17) is 14.2 Å². The molecule has 3 aromatic rings. The Morgan fingerprint density at radius 1 is 1.08 bits per heavy atom. The summed E-state index contributed by atoms with van der Waals surface area (Å²) in [5.41, 5.74) is 2.01. The summed E-state index contributed by atoms with van der Waals surface area (Å²) in [6, 6.07) is 13.6. The van der Waals surface area contributed by atoms with Crippen LogP contribution >= 0.6 is 11.3 Å². The van der Waals surface area contributed by atoms with Crippen LogP contribution in [-0.2, 0) is 14.8 Å². The molecular weight excluding hydrogens is 512 g/mol. The van der Waals surface area contributed by atoms with Gasteiger partial charge >= 0.3 is 0 Å². The predicted molar refractivity (Wildman–Crippen MR) is 145 cm³/mol. The lowest BCUT2D eigenvalue weighted by Gasteiger charge is -2.26. The highest BCUT2D eigenvalue weighted by Gasteiger charge is 2.17. The number of benzene rings is 2. The van der Waals surface area contributed by atoms with Crippen LogP contribution in [0.3, 0.4) is 0 Å². The van der Waals surface area contributed by atoms with Gasteiger partial charge in [0.2, 0.25) is 10.0 Å². The maximum Gasteiger partial charge on any atom is 0.240 e. The van der Waals surface area contributed by atoms with Crippen molar-refractivity contribution in [3.05, 3.63) is 71.1 Å². The van der Waals surface area contributed by atoms with Crippen LogP contribution in [0.1, 0.15) is 15.9 Å². The third kappa shape index (κ3) is 6.85. The van der Waals surface area contributed by atoms with Crippen LogP contribution in [0.25, 0.3) is 16.5 Å². The van der Waals surface area contributed by atoms with Crippen molar-refractivity contribution in [2.75, 3.05) is 53.6 Å². The Balaban J connectivity index is 1.44. The molecule has 1 aromatic heterocycles. The minimum Gasteiger partial charge on any atom is -0.496 e. The summed E-state index contributed by atoms with van der Waals surface area (Å²) < 4.78 is 44.2. The number of ketones is 1. The van der Waals surface area contributed by atoms with Gasteiger partial charge in [-0.1, -0.05) is 6.07 Å². The molecule has 0 spiro atoms. The molecular formula is C27H30N2O6S2. The van der Waals surface area contributed by atoms with Gasteiger partial charge in [-0.05, 0) is 53.9 Å². The summed E-state index contributed by atoms with van der Waals surface area (Å²) in [5.74, 6) is 1.00. The van der Waals surface area contributed by atoms with Crippen LogP contribution in [-0.4, -0.2) is 72.7 Å². The molecule has 1 fully saturated rings. The van der Waals surface area contributed by atoms with E-state index in [1.807, 2.05) is 23.6 Å². The Morgan fingerprint density at radius 2 is 1.81 bits per heavy atom. The normalized spacial score (nSPS) is 14.6. The molecule has 37 heavy (non-hydrogen) atoms. The molecule has 1 N–H and O–H groups in total. The first-order valence-electron chi connectivity index (χ1n) is 11.8. The standard InChI is InChI=1S/C27H30N2O6S2/c1-33-25-19-26(34-2)23(27-4-3-17-36-27)18-21(25)7-10-24(30)20-5-8-22(9-6-20)37(31,32)28-11-12-29-13-15-35-16-14-29/h3-10,17-19,28H,11-16H2,1-2H3/b10-7+. The van der Waals surface area contributed by atoms with E-state index in [1.54, 1.807) is 37.7 Å². The van der Waals surface area contributed by atoms with Crippen LogP contribution in [0.2, 0.25) is 0 Å². The van der Waals surface area contributed by atoms with Crippen molar-refractivity contribution in [1.29, 1.82) is 0 Å². The summed E-state index contributed by atoms with van der Waals surface area (Å²) in [7, 11) is -0.497. The molecule has 1 saturated heterocycles. The van der Waals surface area contributed by atoms with Gasteiger partial charge in [-0.3, -0.25) is 9.69 Å². The van der Waals surface area contributed by atoms with Crippen LogP contribution < -0.4 is 14.2 Å². The van der Waals surface area contributed by atoms with Gasteiger partial charge in [0.25, 0.3) is 0 Å². The van der Waals surface area contributed by atoms with Crippen molar-refractivity contribution in [2.24, 2.45) is 0 Å². The number of rotatable bonds is 11. The number of allylic oxidation sites excluding steroid dienone is 1. The number of ether oxygens (including phenoxy) is 3. The zero-order valence-electron chi connectivity index (χ0n) is 20.8. The van der Waals surface area contributed by atoms with E-state index in [0.717, 1.165) is 29.1 Å². The van der Waals surface area contributed by atoms with Gasteiger partial charge in [0.15, 0.2) is 5.78 Å². The summed E-state index contributed by atoms with van der Waals surface area (Å²) in [4.78, 5) is 16.1. The molecule has 0 bridgehead atoms. The molecule has 196 valence electrons. The number of morpholine rings is 1. The van der Waals surface area contributed by atoms with Crippen molar-refractivity contribution in [3.63, 3.8) is 0 Å². The van der Waals surface area contributed by atoms with Crippen LogP contribution in [0, 0.1) is 0 Å². The Bertz CT molecular complexity index is 1330. The molecule has 4 rings (SSSR count). The molecule has 2 aromatic carbocycles. The molecule has 10 heteroatoms. The Hall–Kier alpha value is -3.02. The largest absolute Gasteiger partial charge is 0.496 e.